The molecule has 3 rings (SSSR count). The molecule has 0 spiro atoms. The molecule has 1 N–H and O–H groups in total. The SMILES string of the molecule is Cc1ncn(CC(O)COc2ccc(Oc3ccccc3)cc2)n1. The lowest BCUT2D eigenvalue weighted by atomic mass is 10.3. The van der Waals surface area contributed by atoms with Crippen LogP contribution in [0.5, 0.6) is 17.2 Å². The molecule has 1 heterocycles. The van der Waals surface area contributed by atoms with Crippen molar-refractivity contribution in [2.75, 3.05) is 6.61 Å². The predicted octanol–water partition coefficient (Wildman–Crippen LogP) is 2.82. The smallest absolute Gasteiger partial charge is 0.147 e. The topological polar surface area (TPSA) is 69.4 Å². The van der Waals surface area contributed by atoms with E-state index in [-0.39, 0.29) is 6.61 Å². The van der Waals surface area contributed by atoms with E-state index < -0.39 is 6.10 Å². The molecule has 24 heavy (non-hydrogen) atoms. The Kier molecular flexibility index (Phi) is 5.08. The Bertz CT molecular complexity index is 757. The van der Waals surface area contributed by atoms with Crippen molar-refractivity contribution in [3.8, 4) is 17.2 Å². The Morgan fingerprint density at radius 3 is 2.33 bits per heavy atom. The van der Waals surface area contributed by atoms with Crippen LogP contribution in [-0.4, -0.2) is 32.6 Å². The van der Waals surface area contributed by atoms with E-state index >= 15 is 0 Å². The van der Waals surface area contributed by atoms with E-state index in [1.807, 2.05) is 54.6 Å². The first kappa shape index (κ1) is 16.0. The molecular formula is C18H19N3O3. The minimum atomic E-state index is -0.661. The molecule has 0 fully saturated rings. The van der Waals surface area contributed by atoms with Crippen molar-refractivity contribution in [1.29, 1.82) is 0 Å². The van der Waals surface area contributed by atoms with Gasteiger partial charge in [-0.25, -0.2) is 9.67 Å². The molecule has 0 aliphatic carbocycles. The lowest BCUT2D eigenvalue weighted by Gasteiger charge is -2.12. The van der Waals surface area contributed by atoms with Gasteiger partial charge in [-0.05, 0) is 43.3 Å². The van der Waals surface area contributed by atoms with Crippen molar-refractivity contribution >= 4 is 0 Å². The number of nitrogens with zero attached hydrogens (tertiary/aromatic N) is 3. The van der Waals surface area contributed by atoms with Gasteiger partial charge in [0.25, 0.3) is 0 Å². The largest absolute Gasteiger partial charge is 0.491 e. The minimum absolute atomic E-state index is 0.178. The first-order valence-corrected chi connectivity index (χ1v) is 7.69. The summed E-state index contributed by atoms with van der Waals surface area (Å²) in [6.45, 7) is 2.33. The third-order valence-electron chi connectivity index (χ3n) is 3.29. The zero-order valence-electron chi connectivity index (χ0n) is 13.4. The quantitative estimate of drug-likeness (QED) is 0.723. The Hall–Kier alpha value is -2.86. The molecule has 0 amide bonds. The van der Waals surface area contributed by atoms with Crippen molar-refractivity contribution in [3.05, 3.63) is 66.7 Å². The number of ether oxygens (including phenoxy) is 2. The molecule has 6 nitrogen and oxygen atoms in total. The van der Waals surface area contributed by atoms with E-state index in [0.29, 0.717) is 18.1 Å². The highest BCUT2D eigenvalue weighted by molar-refractivity contribution is 5.35. The summed E-state index contributed by atoms with van der Waals surface area (Å²) in [6, 6.07) is 16.9. The lowest BCUT2D eigenvalue weighted by Crippen LogP contribution is -2.23. The maximum absolute atomic E-state index is 9.98. The Balaban J connectivity index is 1.49. The highest BCUT2D eigenvalue weighted by Gasteiger charge is 2.08. The van der Waals surface area contributed by atoms with Gasteiger partial charge in [-0.1, -0.05) is 18.2 Å². The molecule has 0 aliphatic rings. The molecule has 0 saturated heterocycles. The fraction of sp³-hybridized carbons (Fsp3) is 0.222. The summed E-state index contributed by atoms with van der Waals surface area (Å²) in [5.41, 5.74) is 0. The number of aliphatic hydroxyl groups is 1. The van der Waals surface area contributed by atoms with Crippen LogP contribution < -0.4 is 9.47 Å². The van der Waals surface area contributed by atoms with Crippen LogP contribution in [0, 0.1) is 6.92 Å². The van der Waals surface area contributed by atoms with Gasteiger partial charge in [-0.2, -0.15) is 5.10 Å². The number of aromatic nitrogens is 3. The maximum atomic E-state index is 9.98. The second kappa shape index (κ2) is 7.61. The van der Waals surface area contributed by atoms with Gasteiger partial charge in [0.15, 0.2) is 0 Å². The zero-order chi connectivity index (χ0) is 16.8. The predicted molar refractivity (Wildman–Crippen MR) is 89.2 cm³/mol. The lowest BCUT2D eigenvalue weighted by molar-refractivity contribution is 0.0892. The van der Waals surface area contributed by atoms with E-state index in [0.717, 1.165) is 11.5 Å². The fourth-order valence-corrected chi connectivity index (χ4v) is 2.17. The molecule has 0 aliphatic heterocycles. The van der Waals surface area contributed by atoms with Crippen LogP contribution in [0.2, 0.25) is 0 Å². The van der Waals surface area contributed by atoms with Gasteiger partial charge < -0.3 is 14.6 Å². The molecule has 1 aromatic heterocycles. The summed E-state index contributed by atoms with van der Waals surface area (Å²) in [6.07, 6.45) is 0.931. The molecule has 0 saturated carbocycles. The number of hydrogen-bond donors (Lipinski definition) is 1. The normalized spacial score (nSPS) is 11.9. The highest BCUT2D eigenvalue weighted by Crippen LogP contribution is 2.23. The first-order chi connectivity index (χ1) is 11.7. The van der Waals surface area contributed by atoms with E-state index in [1.54, 1.807) is 17.9 Å². The molecule has 124 valence electrons. The molecule has 3 aromatic rings. The van der Waals surface area contributed by atoms with E-state index in [4.69, 9.17) is 9.47 Å². The van der Waals surface area contributed by atoms with E-state index in [9.17, 15) is 5.11 Å². The van der Waals surface area contributed by atoms with Gasteiger partial charge in [0.05, 0.1) is 6.54 Å². The molecule has 1 unspecified atom stereocenters. The third-order valence-corrected chi connectivity index (χ3v) is 3.29. The van der Waals surface area contributed by atoms with Crippen molar-refractivity contribution in [1.82, 2.24) is 14.8 Å². The van der Waals surface area contributed by atoms with E-state index in [2.05, 4.69) is 10.1 Å². The van der Waals surface area contributed by atoms with Gasteiger partial charge in [-0.15, -0.1) is 0 Å². The molecule has 6 heteroatoms. The number of aliphatic hydroxyl groups excluding tert-OH is 1. The third kappa shape index (κ3) is 4.57. The van der Waals surface area contributed by atoms with Crippen molar-refractivity contribution in [2.24, 2.45) is 0 Å². The Morgan fingerprint density at radius 2 is 1.67 bits per heavy atom. The van der Waals surface area contributed by atoms with Crippen LogP contribution in [-0.2, 0) is 6.54 Å². The number of hydrogen-bond acceptors (Lipinski definition) is 5. The number of aryl methyl sites for hydroxylation is 1. The second-order valence-corrected chi connectivity index (χ2v) is 5.37. The van der Waals surface area contributed by atoms with Gasteiger partial charge in [0.1, 0.15) is 42.1 Å². The number of para-hydroxylation sites is 1. The van der Waals surface area contributed by atoms with Crippen molar-refractivity contribution in [2.45, 2.75) is 19.6 Å². The van der Waals surface area contributed by atoms with Crippen LogP contribution in [0.4, 0.5) is 0 Å². The molecular weight excluding hydrogens is 306 g/mol. The van der Waals surface area contributed by atoms with Crippen LogP contribution in [0.1, 0.15) is 5.82 Å². The van der Waals surface area contributed by atoms with Gasteiger partial charge >= 0.3 is 0 Å². The zero-order valence-corrected chi connectivity index (χ0v) is 13.4. The molecule has 0 radical (unpaired) electrons. The van der Waals surface area contributed by atoms with Crippen LogP contribution in [0.3, 0.4) is 0 Å². The first-order valence-electron chi connectivity index (χ1n) is 7.69. The van der Waals surface area contributed by atoms with E-state index in [1.165, 1.54) is 0 Å². The number of rotatable bonds is 7. The van der Waals surface area contributed by atoms with Crippen LogP contribution >= 0.6 is 0 Å². The summed E-state index contributed by atoms with van der Waals surface area (Å²) < 4.78 is 12.9. The summed E-state index contributed by atoms with van der Waals surface area (Å²) in [5.74, 6) is 2.86. The highest BCUT2D eigenvalue weighted by atomic mass is 16.5. The van der Waals surface area contributed by atoms with Crippen molar-refractivity contribution < 1.29 is 14.6 Å². The van der Waals surface area contributed by atoms with Crippen LogP contribution in [0.15, 0.2) is 60.9 Å². The van der Waals surface area contributed by atoms with Gasteiger partial charge in [0, 0.05) is 0 Å². The molecule has 0 bridgehead atoms. The monoisotopic (exact) mass is 325 g/mol. The summed E-state index contributed by atoms with van der Waals surface area (Å²) in [5, 5.41) is 14.1. The average molecular weight is 325 g/mol. The summed E-state index contributed by atoms with van der Waals surface area (Å²) in [4.78, 5) is 4.02. The number of benzene rings is 2. The van der Waals surface area contributed by atoms with Gasteiger partial charge in [0.2, 0.25) is 0 Å². The average Bonchev–Trinajstić information content (AvgIpc) is 3.00. The minimum Gasteiger partial charge on any atom is -0.491 e. The Labute approximate surface area is 140 Å². The fourth-order valence-electron chi connectivity index (χ4n) is 2.17. The molecule has 1 atom stereocenters. The Morgan fingerprint density at radius 1 is 1.00 bits per heavy atom. The second-order valence-electron chi connectivity index (χ2n) is 5.37. The summed E-state index contributed by atoms with van der Waals surface area (Å²) in [7, 11) is 0. The maximum Gasteiger partial charge on any atom is 0.147 e. The summed E-state index contributed by atoms with van der Waals surface area (Å²) >= 11 is 0. The standard InChI is InChI=1S/C18H19N3O3/c1-14-19-13-21(20-14)11-15(22)12-23-16-7-9-18(10-8-16)24-17-5-3-2-4-6-17/h2-10,13,15,22H,11-12H2,1H3. The molecule has 2 aromatic carbocycles. The van der Waals surface area contributed by atoms with Crippen molar-refractivity contribution in [3.63, 3.8) is 0 Å². The van der Waals surface area contributed by atoms with Gasteiger partial charge in [-0.3, -0.25) is 0 Å². The van der Waals surface area contributed by atoms with Crippen LogP contribution in [0.25, 0.3) is 0 Å².